The molecular weight excluding hydrogens is 214 g/mol. The van der Waals surface area contributed by atoms with Gasteiger partial charge in [-0.1, -0.05) is 33.1 Å². The molecule has 0 aliphatic carbocycles. The summed E-state index contributed by atoms with van der Waals surface area (Å²) in [6.45, 7) is 7.23. The van der Waals surface area contributed by atoms with E-state index >= 15 is 0 Å². The van der Waals surface area contributed by atoms with Gasteiger partial charge in [0.2, 0.25) is 0 Å². The first kappa shape index (κ1) is 14.5. The Bertz CT molecular complexity index is 220. The largest absolute Gasteiger partial charge is 0.462 e. The van der Waals surface area contributed by atoms with Crippen LogP contribution in [0.1, 0.15) is 59.3 Å². The van der Waals surface area contributed by atoms with Gasteiger partial charge in [0, 0.05) is 0 Å². The van der Waals surface area contributed by atoms with Crippen LogP contribution in [-0.4, -0.2) is 24.7 Å². The Balaban J connectivity index is 2.33. The van der Waals surface area contributed by atoms with Gasteiger partial charge in [-0.15, -0.1) is 0 Å². The Hall–Kier alpha value is -0.570. The fourth-order valence-corrected chi connectivity index (χ4v) is 2.40. The second-order valence-corrected chi connectivity index (χ2v) is 5.59. The van der Waals surface area contributed by atoms with Crippen LogP contribution in [0.15, 0.2) is 0 Å². The third-order valence-electron chi connectivity index (χ3n) is 3.22. The third-order valence-corrected chi connectivity index (χ3v) is 3.22. The summed E-state index contributed by atoms with van der Waals surface area (Å²) >= 11 is 0. The number of ether oxygens (including phenoxy) is 1. The van der Waals surface area contributed by atoms with E-state index in [0.717, 1.165) is 25.8 Å². The lowest BCUT2D eigenvalue weighted by atomic mass is 10.0. The zero-order chi connectivity index (χ0) is 12.7. The van der Waals surface area contributed by atoms with E-state index < -0.39 is 0 Å². The molecule has 1 N–H and O–H groups in total. The highest BCUT2D eigenvalue weighted by Gasteiger charge is 2.22. The monoisotopic (exact) mass is 241 g/mol. The normalized spacial score (nSPS) is 23.9. The van der Waals surface area contributed by atoms with Gasteiger partial charge in [0.05, 0.1) is 6.10 Å². The molecule has 2 unspecified atom stereocenters. The van der Waals surface area contributed by atoms with Gasteiger partial charge >= 0.3 is 5.97 Å². The van der Waals surface area contributed by atoms with E-state index in [1.54, 1.807) is 0 Å². The van der Waals surface area contributed by atoms with E-state index in [4.69, 9.17) is 4.74 Å². The van der Waals surface area contributed by atoms with Crippen molar-refractivity contribution in [1.82, 2.24) is 5.32 Å². The third kappa shape index (κ3) is 6.06. The maximum atomic E-state index is 12.0. The first-order chi connectivity index (χ1) is 8.09. The molecule has 100 valence electrons. The smallest absolute Gasteiger partial charge is 0.323 e. The fraction of sp³-hybridized carbons (Fsp3) is 0.929. The number of carbonyl (C=O) groups is 1. The first-order valence-electron chi connectivity index (χ1n) is 7.03. The summed E-state index contributed by atoms with van der Waals surface area (Å²) in [6, 6.07) is -0.0788. The summed E-state index contributed by atoms with van der Waals surface area (Å²) in [5.41, 5.74) is 0. The van der Waals surface area contributed by atoms with Crippen LogP contribution in [0.3, 0.4) is 0 Å². The average Bonchev–Trinajstić information content (AvgIpc) is 2.14. The van der Waals surface area contributed by atoms with Crippen LogP contribution in [0, 0.1) is 5.92 Å². The Kier molecular flexibility index (Phi) is 6.56. The Morgan fingerprint density at radius 1 is 1.24 bits per heavy atom. The second kappa shape index (κ2) is 7.70. The van der Waals surface area contributed by atoms with Gasteiger partial charge in [-0.3, -0.25) is 4.79 Å². The van der Waals surface area contributed by atoms with Gasteiger partial charge in [0.1, 0.15) is 6.04 Å². The zero-order valence-corrected chi connectivity index (χ0v) is 11.5. The number of hydrogen-bond acceptors (Lipinski definition) is 3. The van der Waals surface area contributed by atoms with Crippen molar-refractivity contribution in [3.63, 3.8) is 0 Å². The van der Waals surface area contributed by atoms with Crippen molar-refractivity contribution < 1.29 is 9.53 Å². The van der Waals surface area contributed by atoms with Crippen molar-refractivity contribution in [2.45, 2.75) is 71.4 Å². The number of nitrogens with one attached hydrogen (secondary N) is 1. The number of esters is 1. The quantitative estimate of drug-likeness (QED) is 0.769. The Morgan fingerprint density at radius 2 is 1.94 bits per heavy atom. The van der Waals surface area contributed by atoms with E-state index in [-0.39, 0.29) is 18.1 Å². The molecule has 1 aliphatic rings. The summed E-state index contributed by atoms with van der Waals surface area (Å²) in [6.07, 6.45) is 6.73. The van der Waals surface area contributed by atoms with Crippen LogP contribution in [0.5, 0.6) is 0 Å². The van der Waals surface area contributed by atoms with Crippen LogP contribution in [0.2, 0.25) is 0 Å². The fourth-order valence-electron chi connectivity index (χ4n) is 2.40. The number of hydrogen-bond donors (Lipinski definition) is 1. The molecule has 1 aliphatic heterocycles. The van der Waals surface area contributed by atoms with Crippen LogP contribution >= 0.6 is 0 Å². The summed E-state index contributed by atoms with van der Waals surface area (Å²) in [5.74, 6) is 0.517. The summed E-state index contributed by atoms with van der Waals surface area (Å²) < 4.78 is 5.50. The molecule has 0 amide bonds. The van der Waals surface area contributed by atoms with Crippen molar-refractivity contribution in [3.05, 3.63) is 0 Å². The van der Waals surface area contributed by atoms with E-state index in [1.807, 2.05) is 6.92 Å². The van der Waals surface area contributed by atoms with Crippen molar-refractivity contribution in [2.24, 2.45) is 5.92 Å². The van der Waals surface area contributed by atoms with Gasteiger partial charge < -0.3 is 10.1 Å². The summed E-state index contributed by atoms with van der Waals surface area (Å²) in [7, 11) is 0. The molecule has 1 saturated heterocycles. The lowest BCUT2D eigenvalue weighted by Gasteiger charge is -2.23. The lowest BCUT2D eigenvalue weighted by Crippen LogP contribution is -2.40. The molecule has 0 aromatic heterocycles. The average molecular weight is 241 g/mol. The minimum Gasteiger partial charge on any atom is -0.462 e. The highest BCUT2D eigenvalue weighted by molar-refractivity contribution is 5.75. The predicted octanol–water partition coefficient (Wildman–Crippen LogP) is 2.89. The van der Waals surface area contributed by atoms with Crippen LogP contribution in [0.4, 0.5) is 0 Å². The molecule has 3 nitrogen and oxygen atoms in total. The van der Waals surface area contributed by atoms with E-state index in [9.17, 15) is 4.79 Å². The first-order valence-corrected chi connectivity index (χ1v) is 7.03. The molecular formula is C14H27NO2. The lowest BCUT2D eigenvalue weighted by molar-refractivity contribution is -0.151. The highest BCUT2D eigenvalue weighted by Crippen LogP contribution is 2.13. The Morgan fingerprint density at radius 3 is 2.65 bits per heavy atom. The Labute approximate surface area is 105 Å². The molecule has 3 heteroatoms. The maximum absolute atomic E-state index is 12.0. The number of rotatable bonds is 4. The molecule has 0 aromatic rings. The van der Waals surface area contributed by atoms with Crippen molar-refractivity contribution >= 4 is 5.97 Å². The molecule has 1 rings (SSSR count). The highest BCUT2D eigenvalue weighted by atomic mass is 16.5. The molecule has 0 spiro atoms. The molecule has 0 radical (unpaired) electrons. The predicted molar refractivity (Wildman–Crippen MR) is 69.9 cm³/mol. The molecule has 1 fully saturated rings. The van der Waals surface area contributed by atoms with Crippen molar-refractivity contribution in [1.29, 1.82) is 0 Å². The minimum atomic E-state index is -0.0788. The summed E-state index contributed by atoms with van der Waals surface area (Å²) in [5, 5.41) is 3.31. The maximum Gasteiger partial charge on any atom is 0.323 e. The topological polar surface area (TPSA) is 38.3 Å². The zero-order valence-electron chi connectivity index (χ0n) is 11.5. The van der Waals surface area contributed by atoms with Gasteiger partial charge in [-0.05, 0) is 38.6 Å². The molecule has 2 atom stereocenters. The molecule has 0 saturated carbocycles. The van der Waals surface area contributed by atoms with Gasteiger partial charge in [0.25, 0.3) is 0 Å². The molecule has 1 heterocycles. The molecule has 0 aromatic carbocycles. The van der Waals surface area contributed by atoms with Crippen molar-refractivity contribution in [2.75, 3.05) is 6.54 Å². The van der Waals surface area contributed by atoms with Gasteiger partial charge in [-0.25, -0.2) is 0 Å². The second-order valence-electron chi connectivity index (χ2n) is 5.59. The van der Waals surface area contributed by atoms with Crippen LogP contribution in [0.25, 0.3) is 0 Å². The number of carbonyl (C=O) groups excluding carboxylic acids is 1. The standard InChI is InChI=1S/C14H27NO2/c1-11(2)10-12(3)17-14(16)13-8-6-4-5-7-9-15-13/h11-13,15H,4-10H2,1-3H3. The van der Waals surface area contributed by atoms with Crippen LogP contribution in [-0.2, 0) is 9.53 Å². The van der Waals surface area contributed by atoms with Gasteiger partial charge in [0.15, 0.2) is 0 Å². The molecule has 0 bridgehead atoms. The van der Waals surface area contributed by atoms with E-state index in [0.29, 0.717) is 5.92 Å². The van der Waals surface area contributed by atoms with E-state index in [1.165, 1.54) is 19.3 Å². The molecule has 17 heavy (non-hydrogen) atoms. The van der Waals surface area contributed by atoms with E-state index in [2.05, 4.69) is 19.2 Å². The minimum absolute atomic E-state index is 0.0368. The SMILES string of the molecule is CC(C)CC(C)OC(=O)C1CCCCCCN1. The van der Waals surface area contributed by atoms with Crippen molar-refractivity contribution in [3.8, 4) is 0 Å². The summed E-state index contributed by atoms with van der Waals surface area (Å²) in [4.78, 5) is 12.0. The van der Waals surface area contributed by atoms with Gasteiger partial charge in [-0.2, -0.15) is 0 Å². The van der Waals surface area contributed by atoms with Crippen LogP contribution < -0.4 is 5.32 Å².